The van der Waals surface area contributed by atoms with E-state index in [9.17, 15) is 5.11 Å². The van der Waals surface area contributed by atoms with Crippen molar-refractivity contribution in [2.24, 2.45) is 13.0 Å². The van der Waals surface area contributed by atoms with Crippen LogP contribution in [0.5, 0.6) is 0 Å². The van der Waals surface area contributed by atoms with Gasteiger partial charge in [0.2, 0.25) is 0 Å². The third kappa shape index (κ3) is 3.50. The zero-order valence-electron chi connectivity index (χ0n) is 13.1. The van der Waals surface area contributed by atoms with Crippen LogP contribution in [-0.2, 0) is 13.6 Å². The molecule has 0 saturated heterocycles. The van der Waals surface area contributed by atoms with Crippen LogP contribution in [0.3, 0.4) is 0 Å². The second-order valence-corrected chi connectivity index (χ2v) is 5.92. The number of aliphatic hydroxyl groups is 1. The Balaban J connectivity index is 1.73. The molecule has 0 spiro atoms. The molecule has 0 amide bonds. The molecule has 1 aliphatic rings. The summed E-state index contributed by atoms with van der Waals surface area (Å²) in [5.74, 6) is 0.263. The third-order valence-corrected chi connectivity index (χ3v) is 4.15. The van der Waals surface area contributed by atoms with Crippen LogP contribution in [0.4, 0.5) is 0 Å². The highest BCUT2D eigenvalue weighted by Crippen LogP contribution is 2.23. The summed E-state index contributed by atoms with van der Waals surface area (Å²) >= 11 is 0. The normalized spacial score (nSPS) is 19.9. The Labute approximate surface area is 135 Å². The van der Waals surface area contributed by atoms with E-state index in [0.717, 1.165) is 29.8 Å². The average Bonchev–Trinajstić information content (AvgIpc) is 3.19. The van der Waals surface area contributed by atoms with E-state index in [1.54, 1.807) is 0 Å². The van der Waals surface area contributed by atoms with E-state index < -0.39 is 0 Å². The number of hydrogen-bond donors (Lipinski definition) is 2. The fourth-order valence-corrected chi connectivity index (χ4v) is 2.92. The van der Waals surface area contributed by atoms with E-state index in [1.807, 2.05) is 42.2 Å². The molecule has 1 aromatic carbocycles. The van der Waals surface area contributed by atoms with Crippen LogP contribution in [0.2, 0.25) is 0 Å². The fraction of sp³-hybridized carbons (Fsp3) is 0.333. The fourth-order valence-electron chi connectivity index (χ4n) is 2.92. The first-order chi connectivity index (χ1) is 11.2. The van der Waals surface area contributed by atoms with E-state index >= 15 is 0 Å². The van der Waals surface area contributed by atoms with Gasteiger partial charge in [-0.1, -0.05) is 24.3 Å². The predicted molar refractivity (Wildman–Crippen MR) is 88.3 cm³/mol. The van der Waals surface area contributed by atoms with E-state index in [1.165, 1.54) is 0 Å². The molecule has 0 aliphatic heterocycles. The quantitative estimate of drug-likeness (QED) is 0.828. The lowest BCUT2D eigenvalue weighted by molar-refractivity contribution is 0.246. The zero-order valence-corrected chi connectivity index (χ0v) is 13.1. The van der Waals surface area contributed by atoms with Crippen LogP contribution in [0.15, 0.2) is 42.6 Å². The van der Waals surface area contributed by atoms with Gasteiger partial charge in [-0.25, -0.2) is 0 Å². The van der Waals surface area contributed by atoms with Crippen molar-refractivity contribution in [2.75, 3.05) is 6.61 Å². The number of nitriles is 1. The molecule has 0 bridgehead atoms. The van der Waals surface area contributed by atoms with Crippen LogP contribution in [0, 0.1) is 17.2 Å². The predicted octanol–water partition coefficient (Wildman–Crippen LogP) is 1.99. The van der Waals surface area contributed by atoms with Gasteiger partial charge in [-0.3, -0.25) is 4.68 Å². The zero-order chi connectivity index (χ0) is 16.2. The van der Waals surface area contributed by atoms with Crippen molar-refractivity contribution in [2.45, 2.75) is 19.0 Å². The summed E-state index contributed by atoms with van der Waals surface area (Å²) in [4.78, 5) is 0. The number of nitrogens with one attached hydrogen (secondary N) is 1. The molecule has 3 rings (SSSR count). The van der Waals surface area contributed by atoms with Gasteiger partial charge in [0, 0.05) is 49.5 Å². The summed E-state index contributed by atoms with van der Waals surface area (Å²) in [5, 5.41) is 26.1. The monoisotopic (exact) mass is 308 g/mol. The standard InChI is InChI=1S/C18H20N4O/c1-22-11-16(10-20-17-7-4-14(8-17)12-23)18(21-22)15-5-2-13(9-19)3-6-15/h2-7,11,14,17,20,23H,8,10,12H2,1H3/t14-,17+/m0/s1. The second-order valence-electron chi connectivity index (χ2n) is 5.92. The van der Waals surface area contributed by atoms with Gasteiger partial charge in [-0.2, -0.15) is 10.4 Å². The molecule has 1 aromatic heterocycles. The highest BCUT2D eigenvalue weighted by atomic mass is 16.3. The van der Waals surface area contributed by atoms with Gasteiger partial charge >= 0.3 is 0 Å². The number of benzene rings is 1. The van der Waals surface area contributed by atoms with Gasteiger partial charge in [0.1, 0.15) is 0 Å². The van der Waals surface area contributed by atoms with Crippen LogP contribution >= 0.6 is 0 Å². The highest BCUT2D eigenvalue weighted by Gasteiger charge is 2.18. The van der Waals surface area contributed by atoms with Gasteiger partial charge in [0.15, 0.2) is 0 Å². The minimum Gasteiger partial charge on any atom is -0.396 e. The summed E-state index contributed by atoms with van der Waals surface area (Å²) < 4.78 is 1.81. The molecule has 0 fully saturated rings. The number of aryl methyl sites for hydroxylation is 1. The van der Waals surface area contributed by atoms with Crippen molar-refractivity contribution in [3.8, 4) is 17.3 Å². The molecule has 2 atom stereocenters. The first-order valence-electron chi connectivity index (χ1n) is 7.75. The van der Waals surface area contributed by atoms with Gasteiger partial charge < -0.3 is 10.4 Å². The lowest BCUT2D eigenvalue weighted by Gasteiger charge is -2.12. The molecule has 1 heterocycles. The molecule has 23 heavy (non-hydrogen) atoms. The Morgan fingerprint density at radius 3 is 2.78 bits per heavy atom. The number of hydrogen-bond acceptors (Lipinski definition) is 4. The minimum atomic E-state index is 0.206. The van der Waals surface area contributed by atoms with Gasteiger partial charge in [0.05, 0.1) is 17.3 Å². The lowest BCUT2D eigenvalue weighted by atomic mass is 10.1. The Morgan fingerprint density at radius 2 is 2.13 bits per heavy atom. The Morgan fingerprint density at radius 1 is 1.35 bits per heavy atom. The molecule has 0 unspecified atom stereocenters. The molecular formula is C18H20N4O. The first-order valence-corrected chi connectivity index (χ1v) is 7.75. The largest absolute Gasteiger partial charge is 0.396 e. The van der Waals surface area contributed by atoms with Gasteiger partial charge in [-0.15, -0.1) is 0 Å². The van der Waals surface area contributed by atoms with E-state index in [4.69, 9.17) is 5.26 Å². The molecule has 0 radical (unpaired) electrons. The van der Waals surface area contributed by atoms with Crippen molar-refractivity contribution < 1.29 is 5.11 Å². The summed E-state index contributed by atoms with van der Waals surface area (Å²) in [7, 11) is 1.91. The van der Waals surface area contributed by atoms with Crippen molar-refractivity contribution >= 4 is 0 Å². The van der Waals surface area contributed by atoms with Gasteiger partial charge in [0.25, 0.3) is 0 Å². The summed E-state index contributed by atoms with van der Waals surface area (Å²) in [6, 6.07) is 9.91. The SMILES string of the molecule is Cn1cc(CN[C@@H]2C=C[C@H](CO)C2)c(-c2ccc(C#N)cc2)n1. The Hall–Kier alpha value is -2.42. The van der Waals surface area contributed by atoms with Crippen LogP contribution in [-0.4, -0.2) is 27.5 Å². The van der Waals surface area contributed by atoms with Gasteiger partial charge in [-0.05, 0) is 18.6 Å². The molecule has 2 N–H and O–H groups in total. The van der Waals surface area contributed by atoms with E-state index in [0.29, 0.717) is 11.6 Å². The van der Waals surface area contributed by atoms with E-state index in [2.05, 4.69) is 28.6 Å². The Bertz CT molecular complexity index is 739. The van der Waals surface area contributed by atoms with Crippen molar-refractivity contribution in [3.63, 3.8) is 0 Å². The maximum absolute atomic E-state index is 9.19. The first kappa shape index (κ1) is 15.5. The topological polar surface area (TPSA) is 73.9 Å². The van der Waals surface area contributed by atoms with Crippen LogP contribution in [0.25, 0.3) is 11.3 Å². The van der Waals surface area contributed by atoms with Crippen LogP contribution < -0.4 is 5.32 Å². The maximum atomic E-state index is 9.19. The summed E-state index contributed by atoms with van der Waals surface area (Å²) in [6.07, 6.45) is 7.15. The molecule has 5 heteroatoms. The summed E-state index contributed by atoms with van der Waals surface area (Å²) in [5.41, 5.74) is 3.72. The second kappa shape index (κ2) is 6.78. The average molecular weight is 308 g/mol. The smallest absolute Gasteiger partial charge is 0.0991 e. The number of aromatic nitrogens is 2. The Kier molecular flexibility index (Phi) is 4.56. The number of rotatable bonds is 5. The third-order valence-electron chi connectivity index (χ3n) is 4.15. The molecule has 118 valence electrons. The molecule has 0 saturated carbocycles. The number of nitrogens with zero attached hydrogens (tertiary/aromatic N) is 3. The maximum Gasteiger partial charge on any atom is 0.0991 e. The molecule has 2 aromatic rings. The van der Waals surface area contributed by atoms with Crippen molar-refractivity contribution in [1.29, 1.82) is 5.26 Å². The molecular weight excluding hydrogens is 288 g/mol. The van der Waals surface area contributed by atoms with Crippen molar-refractivity contribution in [1.82, 2.24) is 15.1 Å². The summed E-state index contributed by atoms with van der Waals surface area (Å²) in [6.45, 7) is 0.925. The molecule has 1 aliphatic carbocycles. The number of aliphatic hydroxyl groups excluding tert-OH is 1. The highest BCUT2D eigenvalue weighted by molar-refractivity contribution is 5.63. The molecule has 5 nitrogen and oxygen atoms in total. The lowest BCUT2D eigenvalue weighted by Crippen LogP contribution is -2.26. The minimum absolute atomic E-state index is 0.206. The van der Waals surface area contributed by atoms with Crippen molar-refractivity contribution in [3.05, 3.63) is 53.7 Å². The van der Waals surface area contributed by atoms with E-state index in [-0.39, 0.29) is 12.5 Å². The van der Waals surface area contributed by atoms with Crippen LogP contribution in [0.1, 0.15) is 17.5 Å².